The van der Waals surface area contributed by atoms with Gasteiger partial charge in [0, 0.05) is 5.56 Å². The maximum absolute atomic E-state index is 12.6. The van der Waals surface area contributed by atoms with Crippen LogP contribution in [0.4, 0.5) is 0 Å². The third-order valence-electron chi connectivity index (χ3n) is 4.02. The van der Waals surface area contributed by atoms with Gasteiger partial charge in [-0.2, -0.15) is 25.3 Å². The van der Waals surface area contributed by atoms with Gasteiger partial charge in [0.2, 0.25) is 0 Å². The van der Waals surface area contributed by atoms with Gasteiger partial charge in [-0.05, 0) is 12.1 Å². The Morgan fingerprint density at radius 2 is 1.47 bits per heavy atom. The topological polar surface area (TPSA) is 189 Å². The second kappa shape index (κ2) is 10.1. The molecule has 0 radical (unpaired) electrons. The van der Waals surface area contributed by atoms with Crippen molar-refractivity contribution in [3.63, 3.8) is 0 Å². The number of aliphatic hydroxyl groups is 1. The predicted octanol–water partition coefficient (Wildman–Crippen LogP) is -1.83. The summed E-state index contributed by atoms with van der Waals surface area (Å²) in [7, 11) is -12.6. The van der Waals surface area contributed by atoms with Crippen LogP contribution >= 0.6 is 0 Å². The third kappa shape index (κ3) is 8.36. The van der Waals surface area contributed by atoms with Crippen LogP contribution in [0.5, 0.6) is 0 Å². The van der Waals surface area contributed by atoms with Crippen LogP contribution in [-0.4, -0.2) is 92.3 Å². The van der Waals surface area contributed by atoms with E-state index in [1.165, 1.54) is 12.1 Å². The molecular formula is C16H23NO12S3. The zero-order valence-corrected chi connectivity index (χ0v) is 19.6. The molecule has 1 fully saturated rings. The summed E-state index contributed by atoms with van der Waals surface area (Å²) in [6.45, 7) is -0.834. The normalized spacial score (nSPS) is 27.1. The number of nitrogens with one attached hydrogen (secondary N) is 1. The number of carbonyl (C=O) groups is 1. The van der Waals surface area contributed by atoms with Gasteiger partial charge in [0.1, 0.15) is 24.4 Å². The lowest BCUT2D eigenvalue weighted by Gasteiger charge is -2.43. The maximum atomic E-state index is 12.6. The van der Waals surface area contributed by atoms with E-state index >= 15 is 0 Å². The van der Waals surface area contributed by atoms with Gasteiger partial charge in [-0.3, -0.25) is 17.3 Å². The lowest BCUT2D eigenvalue weighted by molar-refractivity contribution is -0.239. The highest BCUT2D eigenvalue weighted by molar-refractivity contribution is 7.86. The van der Waals surface area contributed by atoms with Gasteiger partial charge in [-0.1, -0.05) is 18.2 Å². The summed E-state index contributed by atoms with van der Waals surface area (Å²) in [5, 5.41) is 12.8. The number of hydrogen-bond acceptors (Lipinski definition) is 12. The Kier molecular flexibility index (Phi) is 8.38. The molecule has 0 saturated carbocycles. The van der Waals surface area contributed by atoms with E-state index < -0.39 is 73.5 Å². The lowest BCUT2D eigenvalue weighted by atomic mass is 9.96. The molecule has 0 aliphatic carbocycles. The fourth-order valence-electron chi connectivity index (χ4n) is 2.86. The molecule has 13 nitrogen and oxygen atoms in total. The van der Waals surface area contributed by atoms with Gasteiger partial charge in [0.05, 0.1) is 25.4 Å². The summed E-state index contributed by atoms with van der Waals surface area (Å²) in [6.07, 6.45) is -5.17. The fraction of sp³-hybridized carbons (Fsp3) is 0.562. The second-order valence-corrected chi connectivity index (χ2v) is 11.8. The maximum Gasteiger partial charge on any atom is 0.264 e. The van der Waals surface area contributed by atoms with Crippen LogP contribution in [-0.2, 0) is 47.6 Å². The molecule has 1 aromatic rings. The largest absolute Gasteiger partial charge is 0.366 e. The smallest absolute Gasteiger partial charge is 0.264 e. The van der Waals surface area contributed by atoms with E-state index in [1.807, 2.05) is 0 Å². The zero-order valence-electron chi connectivity index (χ0n) is 17.1. The molecule has 1 saturated heterocycles. The summed E-state index contributed by atoms with van der Waals surface area (Å²) in [4.78, 5) is 12.6. The van der Waals surface area contributed by atoms with Crippen LogP contribution in [0.3, 0.4) is 0 Å². The van der Waals surface area contributed by atoms with Crippen molar-refractivity contribution in [1.29, 1.82) is 0 Å². The van der Waals surface area contributed by atoms with Gasteiger partial charge >= 0.3 is 0 Å². The van der Waals surface area contributed by atoms with Gasteiger partial charge in [-0.15, -0.1) is 0 Å². The predicted molar refractivity (Wildman–Crippen MR) is 109 cm³/mol. The quantitative estimate of drug-likeness (QED) is 0.349. The number of hydrogen-bond donors (Lipinski definition) is 2. The molecule has 2 N–H and O–H groups in total. The molecule has 16 heteroatoms. The van der Waals surface area contributed by atoms with Crippen LogP contribution in [0.1, 0.15) is 10.4 Å². The summed E-state index contributed by atoms with van der Waals surface area (Å²) < 4.78 is 89.6. The van der Waals surface area contributed by atoms with Crippen molar-refractivity contribution in [3.05, 3.63) is 35.9 Å². The van der Waals surface area contributed by atoms with Crippen molar-refractivity contribution in [2.45, 2.75) is 30.6 Å². The van der Waals surface area contributed by atoms with Crippen molar-refractivity contribution < 1.29 is 52.4 Å². The van der Waals surface area contributed by atoms with Gasteiger partial charge in [-0.25, -0.2) is 0 Å². The minimum absolute atomic E-state index is 0.140. The molecule has 5 atom stereocenters. The molecule has 1 amide bonds. The summed E-state index contributed by atoms with van der Waals surface area (Å²) in [5.41, 5.74) is 0.140. The Labute approximate surface area is 186 Å². The van der Waals surface area contributed by atoms with Crippen LogP contribution < -0.4 is 5.32 Å². The lowest BCUT2D eigenvalue weighted by Crippen LogP contribution is -2.66. The Morgan fingerprint density at radius 1 is 0.938 bits per heavy atom. The highest BCUT2D eigenvalue weighted by Gasteiger charge is 2.51. The number of carbonyl (C=O) groups excluding carboxylic acids is 1. The molecule has 1 aliphatic rings. The van der Waals surface area contributed by atoms with Crippen LogP contribution in [0, 0.1) is 0 Å². The van der Waals surface area contributed by atoms with Gasteiger partial charge in [0.15, 0.2) is 6.29 Å². The Balaban J connectivity index is 2.44. The molecule has 1 aromatic carbocycles. The molecule has 1 aliphatic heterocycles. The van der Waals surface area contributed by atoms with Crippen LogP contribution in [0.2, 0.25) is 0 Å². The standard InChI is InChI=1S/C16H23NO12S3/c1-30(20,21)26-9-11-13(28-31(2,22)23)14(29-32(3,24)25)12(16(19)27-11)17-15(18)10-7-5-4-6-8-10/h4-8,11-14,16,19H,9H2,1-3H3,(H,17,18)/t11-,12+,13+,14+,16+/m0/s1. The number of benzene rings is 1. The Hall–Kier alpha value is -1.66. The molecule has 1 heterocycles. The van der Waals surface area contributed by atoms with E-state index in [4.69, 9.17) is 13.1 Å². The van der Waals surface area contributed by atoms with E-state index in [0.717, 1.165) is 0 Å². The highest BCUT2D eigenvalue weighted by atomic mass is 32.2. The van der Waals surface area contributed by atoms with Crippen molar-refractivity contribution in [3.8, 4) is 0 Å². The molecule has 0 bridgehead atoms. The Morgan fingerprint density at radius 3 is 1.97 bits per heavy atom. The average molecular weight is 518 g/mol. The fourth-order valence-corrected chi connectivity index (χ4v) is 4.51. The SMILES string of the molecule is CS(=O)(=O)OC[C@@H]1O[C@@H](O)[C@H](NC(=O)c2ccccc2)[C@@H](OS(C)(=O)=O)[C@@H]1OS(C)(=O)=O. The first-order chi connectivity index (χ1) is 14.6. The number of amides is 1. The first-order valence-electron chi connectivity index (χ1n) is 8.86. The minimum Gasteiger partial charge on any atom is -0.366 e. The van der Waals surface area contributed by atoms with Crippen molar-refractivity contribution >= 4 is 36.3 Å². The Bertz CT molecular complexity index is 1120. The van der Waals surface area contributed by atoms with E-state index in [9.17, 15) is 35.2 Å². The van der Waals surface area contributed by atoms with Crippen molar-refractivity contribution in [1.82, 2.24) is 5.32 Å². The van der Waals surface area contributed by atoms with E-state index in [2.05, 4.69) is 9.50 Å². The molecule has 182 valence electrons. The molecular weight excluding hydrogens is 494 g/mol. The number of ether oxygens (including phenoxy) is 1. The average Bonchev–Trinajstić information content (AvgIpc) is 2.63. The third-order valence-corrected chi connectivity index (χ3v) is 5.73. The van der Waals surface area contributed by atoms with Crippen molar-refractivity contribution in [2.75, 3.05) is 25.4 Å². The molecule has 0 aromatic heterocycles. The van der Waals surface area contributed by atoms with Crippen LogP contribution in [0.15, 0.2) is 30.3 Å². The molecule has 0 spiro atoms. The first kappa shape index (κ1) is 26.6. The van der Waals surface area contributed by atoms with Crippen molar-refractivity contribution in [2.24, 2.45) is 0 Å². The highest BCUT2D eigenvalue weighted by Crippen LogP contribution is 2.28. The number of rotatable bonds is 9. The second-order valence-electron chi connectivity index (χ2n) is 6.95. The summed E-state index contributed by atoms with van der Waals surface area (Å²) >= 11 is 0. The zero-order chi connectivity index (χ0) is 24.3. The first-order valence-corrected chi connectivity index (χ1v) is 14.3. The molecule has 0 unspecified atom stereocenters. The van der Waals surface area contributed by atoms with E-state index in [-0.39, 0.29) is 5.56 Å². The summed E-state index contributed by atoms with van der Waals surface area (Å²) in [6, 6.07) is 6.00. The minimum atomic E-state index is -4.29. The van der Waals surface area contributed by atoms with Crippen LogP contribution in [0.25, 0.3) is 0 Å². The number of aliphatic hydroxyl groups excluding tert-OH is 1. The monoisotopic (exact) mass is 517 g/mol. The van der Waals surface area contributed by atoms with E-state index in [0.29, 0.717) is 18.8 Å². The molecule has 32 heavy (non-hydrogen) atoms. The molecule has 2 rings (SSSR count). The van der Waals surface area contributed by atoms with Gasteiger partial charge < -0.3 is 15.2 Å². The van der Waals surface area contributed by atoms with Gasteiger partial charge in [0.25, 0.3) is 36.3 Å². The summed E-state index contributed by atoms with van der Waals surface area (Å²) in [5.74, 6) is -0.760. The van der Waals surface area contributed by atoms with E-state index in [1.54, 1.807) is 18.2 Å².